The number of benzene rings is 1. The monoisotopic (exact) mass is 266 g/mol. The Labute approximate surface area is 110 Å². The number of aliphatic hydroxyl groups is 1. The first-order chi connectivity index (χ1) is 8.83. The molecule has 5 heteroatoms. The van der Waals surface area contributed by atoms with E-state index in [0.29, 0.717) is 11.3 Å². The number of nitriles is 1. The molecule has 0 saturated heterocycles. The van der Waals surface area contributed by atoms with Crippen LogP contribution in [0.5, 0.6) is 5.75 Å². The van der Waals surface area contributed by atoms with Crippen molar-refractivity contribution in [3.63, 3.8) is 0 Å². The number of hydrogen-bond acceptors (Lipinski definition) is 4. The van der Waals surface area contributed by atoms with E-state index in [-0.39, 0.29) is 13.2 Å². The van der Waals surface area contributed by atoms with Gasteiger partial charge >= 0.3 is 0 Å². The molecule has 18 heavy (non-hydrogen) atoms. The number of hydrogen-bond donors (Lipinski definition) is 2. The van der Waals surface area contributed by atoms with Gasteiger partial charge in [-0.25, -0.2) is 0 Å². The van der Waals surface area contributed by atoms with Crippen molar-refractivity contribution in [3.8, 4) is 11.8 Å². The molecule has 0 radical (unpaired) electrons. The fourth-order valence-electron chi connectivity index (χ4n) is 1.68. The second-order valence-electron chi connectivity index (χ2n) is 3.76. The molecule has 0 heterocycles. The Hall–Kier alpha value is -1.14. The van der Waals surface area contributed by atoms with Gasteiger partial charge in [-0.1, -0.05) is 20.9 Å². The lowest BCUT2D eigenvalue weighted by atomic mass is 10.0. The highest BCUT2D eigenvalue weighted by Crippen LogP contribution is 2.24. The Morgan fingerprint density at radius 2 is 2.33 bits per heavy atom. The molecule has 0 aliphatic heterocycles. The quantitative estimate of drug-likeness (QED) is 0.555. The van der Waals surface area contributed by atoms with Crippen LogP contribution in [0.4, 0.5) is 0 Å². The van der Waals surface area contributed by atoms with Gasteiger partial charge in [0.15, 0.2) is 0 Å². The Morgan fingerprint density at radius 3 is 3.00 bits per heavy atom. The minimum absolute atomic E-state index is 0.0439. The molecule has 98 valence electrons. The van der Waals surface area contributed by atoms with E-state index >= 15 is 0 Å². The van der Waals surface area contributed by atoms with Crippen molar-refractivity contribution >= 4 is 8.73 Å². The molecule has 0 aliphatic carbocycles. The van der Waals surface area contributed by atoms with E-state index in [1.807, 2.05) is 12.1 Å². The molecule has 0 fully saturated rings. The molecule has 0 aromatic heterocycles. The van der Waals surface area contributed by atoms with E-state index in [1.165, 1.54) is 0 Å². The zero-order valence-corrected chi connectivity index (χ0v) is 11.6. The van der Waals surface area contributed by atoms with Crippen molar-refractivity contribution in [2.24, 2.45) is 0 Å². The van der Waals surface area contributed by atoms with Crippen LogP contribution in [0, 0.1) is 11.3 Å². The first kappa shape index (κ1) is 14.9. The maximum atomic E-state index is 9.05. The molecular formula is C13H19N2O2P. The van der Waals surface area contributed by atoms with Gasteiger partial charge in [0.2, 0.25) is 0 Å². The predicted molar refractivity (Wildman–Crippen MR) is 74.3 cm³/mol. The summed E-state index contributed by atoms with van der Waals surface area (Å²) < 4.78 is 5.47. The summed E-state index contributed by atoms with van der Waals surface area (Å²) >= 11 is 0. The van der Waals surface area contributed by atoms with Crippen LogP contribution in [-0.4, -0.2) is 31.5 Å². The van der Waals surface area contributed by atoms with Crippen molar-refractivity contribution in [2.45, 2.75) is 12.8 Å². The molecule has 2 N–H and O–H groups in total. The molecule has 0 saturated carbocycles. The summed E-state index contributed by atoms with van der Waals surface area (Å²) in [6.45, 7) is 3.25. The van der Waals surface area contributed by atoms with Gasteiger partial charge in [-0.05, 0) is 37.7 Å². The molecule has 4 nitrogen and oxygen atoms in total. The van der Waals surface area contributed by atoms with E-state index in [4.69, 9.17) is 15.1 Å². The Kier molecular flexibility index (Phi) is 7.36. The topological polar surface area (TPSA) is 65.3 Å². The van der Waals surface area contributed by atoms with Crippen molar-refractivity contribution in [1.29, 1.82) is 5.26 Å². The lowest BCUT2D eigenvalue weighted by molar-refractivity contribution is 0.200. The lowest BCUT2D eigenvalue weighted by Crippen LogP contribution is -2.08. The molecule has 0 bridgehead atoms. The van der Waals surface area contributed by atoms with Gasteiger partial charge in [0, 0.05) is 0 Å². The fourth-order valence-corrected chi connectivity index (χ4v) is 2.11. The first-order valence-electron chi connectivity index (χ1n) is 5.98. The van der Waals surface area contributed by atoms with E-state index in [0.717, 1.165) is 33.7 Å². The average Bonchev–Trinajstić information content (AvgIpc) is 2.41. The van der Waals surface area contributed by atoms with Crippen LogP contribution < -0.4 is 9.82 Å². The highest BCUT2D eigenvalue weighted by molar-refractivity contribution is 7.34. The molecule has 1 aromatic rings. The second-order valence-corrected chi connectivity index (χ2v) is 4.61. The molecule has 1 aromatic carbocycles. The number of rotatable bonds is 8. The number of aliphatic hydroxyl groups excluding tert-OH is 1. The van der Waals surface area contributed by atoms with E-state index < -0.39 is 0 Å². The largest absolute Gasteiger partial charge is 0.490 e. The molecule has 0 amide bonds. The van der Waals surface area contributed by atoms with Gasteiger partial charge in [0.05, 0.1) is 12.2 Å². The second kappa shape index (κ2) is 8.88. The summed E-state index contributed by atoms with van der Waals surface area (Å²) in [5, 5.41) is 21.2. The SMILES string of the molecule is CPNCCCc1cccc(C#N)c1OCCO. The number of para-hydroxylation sites is 1. The van der Waals surface area contributed by atoms with Crippen molar-refractivity contribution in [3.05, 3.63) is 29.3 Å². The third kappa shape index (κ3) is 4.62. The van der Waals surface area contributed by atoms with Crippen molar-refractivity contribution < 1.29 is 9.84 Å². The third-order valence-electron chi connectivity index (χ3n) is 2.48. The van der Waals surface area contributed by atoms with Crippen LogP contribution in [0.15, 0.2) is 18.2 Å². The third-order valence-corrected chi connectivity index (χ3v) is 3.08. The maximum absolute atomic E-state index is 9.05. The Balaban J connectivity index is 2.72. The van der Waals surface area contributed by atoms with Gasteiger partial charge in [-0.3, -0.25) is 5.09 Å². The number of ether oxygens (including phenoxy) is 1. The minimum Gasteiger partial charge on any atom is -0.490 e. The van der Waals surface area contributed by atoms with Gasteiger partial charge in [-0.15, -0.1) is 0 Å². The smallest absolute Gasteiger partial charge is 0.140 e. The van der Waals surface area contributed by atoms with Gasteiger partial charge < -0.3 is 9.84 Å². The Bertz CT molecular complexity index is 404. The van der Waals surface area contributed by atoms with Gasteiger partial charge in [-0.2, -0.15) is 5.26 Å². The standard InChI is InChI=1S/C13H19N2O2P/c1-18-15-7-3-6-11-4-2-5-12(10-14)13(11)17-9-8-16/h2,4-5,15-16,18H,3,6-9H2,1H3. The normalized spacial score (nSPS) is 10.7. The Morgan fingerprint density at radius 1 is 1.50 bits per heavy atom. The first-order valence-corrected chi connectivity index (χ1v) is 7.48. The highest BCUT2D eigenvalue weighted by Gasteiger charge is 2.09. The summed E-state index contributed by atoms with van der Waals surface area (Å²) in [4.78, 5) is 0. The summed E-state index contributed by atoms with van der Waals surface area (Å²) in [5.41, 5.74) is 1.56. The lowest BCUT2D eigenvalue weighted by Gasteiger charge is -2.12. The van der Waals surface area contributed by atoms with Crippen LogP contribution in [0.1, 0.15) is 17.5 Å². The van der Waals surface area contributed by atoms with E-state index in [9.17, 15) is 0 Å². The summed E-state index contributed by atoms with van der Waals surface area (Å²) in [7, 11) is 0.754. The molecule has 1 rings (SSSR count). The van der Waals surface area contributed by atoms with Crippen LogP contribution in [-0.2, 0) is 6.42 Å². The minimum atomic E-state index is -0.0439. The fraction of sp³-hybridized carbons (Fsp3) is 0.462. The number of aryl methyl sites for hydroxylation is 1. The van der Waals surface area contributed by atoms with Gasteiger partial charge in [0.1, 0.15) is 18.4 Å². The van der Waals surface area contributed by atoms with E-state index in [2.05, 4.69) is 17.8 Å². The number of nitrogens with one attached hydrogen (secondary N) is 1. The molecule has 0 aliphatic rings. The maximum Gasteiger partial charge on any atom is 0.140 e. The van der Waals surface area contributed by atoms with Crippen LogP contribution in [0.25, 0.3) is 0 Å². The number of nitrogens with zero attached hydrogens (tertiary/aromatic N) is 1. The van der Waals surface area contributed by atoms with Crippen molar-refractivity contribution in [1.82, 2.24) is 5.09 Å². The molecule has 1 atom stereocenters. The average molecular weight is 266 g/mol. The predicted octanol–water partition coefficient (Wildman–Crippen LogP) is 1.67. The van der Waals surface area contributed by atoms with E-state index in [1.54, 1.807) is 6.07 Å². The molecular weight excluding hydrogens is 247 g/mol. The summed E-state index contributed by atoms with van der Waals surface area (Å²) in [6, 6.07) is 7.71. The molecule has 1 unspecified atom stereocenters. The zero-order chi connectivity index (χ0) is 13.2. The van der Waals surface area contributed by atoms with Crippen LogP contribution in [0.2, 0.25) is 0 Å². The highest BCUT2D eigenvalue weighted by atomic mass is 31.1. The summed E-state index contributed by atoms with van der Waals surface area (Å²) in [6.07, 6.45) is 1.87. The zero-order valence-electron chi connectivity index (χ0n) is 10.6. The van der Waals surface area contributed by atoms with Crippen LogP contribution >= 0.6 is 8.73 Å². The van der Waals surface area contributed by atoms with Crippen molar-refractivity contribution in [2.75, 3.05) is 26.4 Å². The summed E-state index contributed by atoms with van der Waals surface area (Å²) in [5.74, 6) is 0.619. The molecule has 0 spiro atoms. The van der Waals surface area contributed by atoms with Gasteiger partial charge in [0.25, 0.3) is 0 Å². The van der Waals surface area contributed by atoms with Crippen LogP contribution in [0.3, 0.4) is 0 Å².